The summed E-state index contributed by atoms with van der Waals surface area (Å²) in [7, 11) is 0. The van der Waals surface area contributed by atoms with Crippen molar-refractivity contribution in [3.63, 3.8) is 0 Å². The van der Waals surface area contributed by atoms with Gasteiger partial charge in [0, 0.05) is 12.1 Å². The Morgan fingerprint density at radius 1 is 1.04 bits per heavy atom. The molecule has 9 heteroatoms. The summed E-state index contributed by atoms with van der Waals surface area (Å²) < 4.78 is 36.9. The van der Waals surface area contributed by atoms with Crippen LogP contribution >= 0.6 is 0 Å². The first-order valence-corrected chi connectivity index (χ1v) is 7.06. The molecule has 1 aromatic carbocycles. The predicted octanol–water partition coefficient (Wildman–Crippen LogP) is 2.73. The molecule has 0 radical (unpaired) electrons. The molecule has 0 saturated heterocycles. The summed E-state index contributed by atoms with van der Waals surface area (Å²) in [5, 5.41) is 4.62. The molecule has 2 heterocycles. The fourth-order valence-corrected chi connectivity index (χ4v) is 1.96. The zero-order chi connectivity index (χ0) is 17.8. The van der Waals surface area contributed by atoms with E-state index in [2.05, 4.69) is 15.6 Å². The van der Waals surface area contributed by atoms with E-state index in [1.54, 1.807) is 0 Å². The van der Waals surface area contributed by atoms with Crippen LogP contribution in [0, 0.1) is 11.6 Å². The van der Waals surface area contributed by atoms with Gasteiger partial charge in [-0.05, 0) is 24.3 Å². The van der Waals surface area contributed by atoms with Gasteiger partial charge in [-0.15, -0.1) is 0 Å². The van der Waals surface area contributed by atoms with Gasteiger partial charge in [-0.25, -0.2) is 8.78 Å². The monoisotopic (exact) mass is 347 g/mol. The number of nitrogens with one attached hydrogen (secondary N) is 2. The van der Waals surface area contributed by atoms with Gasteiger partial charge in [-0.3, -0.25) is 14.9 Å². The van der Waals surface area contributed by atoms with E-state index in [1.807, 2.05) is 0 Å². The first-order valence-electron chi connectivity index (χ1n) is 7.06. The third kappa shape index (κ3) is 3.71. The molecule has 0 unspecified atom stereocenters. The van der Waals surface area contributed by atoms with Crippen LogP contribution in [-0.2, 0) is 6.54 Å². The Kier molecular flexibility index (Phi) is 4.55. The summed E-state index contributed by atoms with van der Waals surface area (Å²) in [5.74, 6) is -2.82. The summed E-state index contributed by atoms with van der Waals surface area (Å²) in [6.07, 6.45) is 2.33. The van der Waals surface area contributed by atoms with Crippen LogP contribution in [0.15, 0.2) is 51.7 Å². The number of benzene rings is 1. The van der Waals surface area contributed by atoms with Crippen LogP contribution in [0.2, 0.25) is 0 Å². The second kappa shape index (κ2) is 6.95. The lowest BCUT2D eigenvalue weighted by Gasteiger charge is -2.05. The van der Waals surface area contributed by atoms with Gasteiger partial charge >= 0.3 is 6.01 Å². The summed E-state index contributed by atoms with van der Waals surface area (Å²) in [6.45, 7) is -0.363. The van der Waals surface area contributed by atoms with Gasteiger partial charge in [-0.1, -0.05) is 6.07 Å². The number of carbonyl (C=O) groups is 2. The van der Waals surface area contributed by atoms with E-state index >= 15 is 0 Å². The summed E-state index contributed by atoms with van der Waals surface area (Å²) in [6, 6.07) is 6.15. The normalized spacial score (nSPS) is 10.5. The highest BCUT2D eigenvalue weighted by molar-refractivity contribution is 6.01. The maximum atomic E-state index is 13.5. The third-order valence-electron chi connectivity index (χ3n) is 3.19. The summed E-state index contributed by atoms with van der Waals surface area (Å²) in [5.41, 5.74) is -0.433. The van der Waals surface area contributed by atoms with E-state index in [4.69, 9.17) is 8.83 Å². The van der Waals surface area contributed by atoms with Crippen LogP contribution in [0.3, 0.4) is 0 Å². The minimum atomic E-state index is -0.771. The highest BCUT2D eigenvalue weighted by Crippen LogP contribution is 2.13. The van der Waals surface area contributed by atoms with Gasteiger partial charge in [0.25, 0.3) is 11.8 Å². The van der Waals surface area contributed by atoms with Crippen molar-refractivity contribution in [1.82, 2.24) is 10.3 Å². The average molecular weight is 347 g/mol. The minimum Gasteiger partial charge on any atom is -0.459 e. The molecule has 25 heavy (non-hydrogen) atoms. The van der Waals surface area contributed by atoms with Crippen molar-refractivity contribution in [3.8, 4) is 0 Å². The third-order valence-corrected chi connectivity index (χ3v) is 3.19. The van der Waals surface area contributed by atoms with E-state index in [-0.39, 0.29) is 29.6 Å². The molecule has 3 rings (SSSR count). The second-order valence-corrected chi connectivity index (χ2v) is 4.85. The maximum Gasteiger partial charge on any atom is 0.302 e. The van der Waals surface area contributed by atoms with Gasteiger partial charge in [0.05, 0.1) is 6.26 Å². The molecule has 0 aliphatic rings. The number of hydrogen-bond acceptors (Lipinski definition) is 5. The quantitative estimate of drug-likeness (QED) is 0.740. The average Bonchev–Trinajstić information content (AvgIpc) is 3.26. The van der Waals surface area contributed by atoms with Crippen LogP contribution in [0.4, 0.5) is 14.8 Å². The predicted molar refractivity (Wildman–Crippen MR) is 80.7 cm³/mol. The molecule has 2 N–H and O–H groups in total. The van der Waals surface area contributed by atoms with Crippen molar-refractivity contribution in [2.45, 2.75) is 6.54 Å². The fraction of sp³-hybridized carbons (Fsp3) is 0.0625. The van der Waals surface area contributed by atoms with Crippen LogP contribution in [0.25, 0.3) is 0 Å². The van der Waals surface area contributed by atoms with Crippen LogP contribution in [0.5, 0.6) is 0 Å². The Hall–Kier alpha value is -3.49. The molecule has 0 bridgehead atoms. The molecule has 0 aliphatic heterocycles. The molecular weight excluding hydrogens is 336 g/mol. The number of anilines is 1. The van der Waals surface area contributed by atoms with Crippen molar-refractivity contribution in [1.29, 1.82) is 0 Å². The fourth-order valence-electron chi connectivity index (χ4n) is 1.96. The number of aromatic nitrogens is 1. The van der Waals surface area contributed by atoms with Crippen LogP contribution < -0.4 is 10.6 Å². The molecular formula is C16H11F2N3O4. The zero-order valence-corrected chi connectivity index (χ0v) is 12.6. The van der Waals surface area contributed by atoms with Crippen LogP contribution in [-0.4, -0.2) is 16.8 Å². The smallest absolute Gasteiger partial charge is 0.302 e. The Morgan fingerprint density at radius 3 is 2.48 bits per heavy atom. The van der Waals surface area contributed by atoms with Crippen molar-refractivity contribution in [2.24, 2.45) is 0 Å². The van der Waals surface area contributed by atoms with Crippen molar-refractivity contribution >= 4 is 17.8 Å². The molecule has 0 saturated carbocycles. The van der Waals surface area contributed by atoms with Crippen LogP contribution in [0.1, 0.15) is 26.6 Å². The number of oxazole rings is 1. The molecule has 3 aromatic rings. The molecule has 7 nitrogen and oxygen atoms in total. The molecule has 2 amide bonds. The highest BCUT2D eigenvalue weighted by Gasteiger charge is 2.17. The van der Waals surface area contributed by atoms with E-state index < -0.39 is 23.4 Å². The topological polar surface area (TPSA) is 97.4 Å². The minimum absolute atomic E-state index is 0.0410. The number of rotatable bonds is 5. The number of nitrogens with zero attached hydrogens (tertiary/aromatic N) is 1. The number of furan rings is 1. The van der Waals surface area contributed by atoms with Crippen molar-refractivity contribution < 1.29 is 27.2 Å². The van der Waals surface area contributed by atoms with Gasteiger partial charge in [0.1, 0.15) is 17.9 Å². The number of carbonyl (C=O) groups excluding carboxylic acids is 2. The number of halogens is 2. The standard InChI is InChI=1S/C16H11F2N3O4/c17-10-3-1-4-11(18)9(10)7-19-14(22)12-8-25-16(20-12)21-15(23)13-5-2-6-24-13/h1-6,8H,7H2,(H,19,22)(H,20,21,23). The first kappa shape index (κ1) is 16.4. The molecule has 0 spiro atoms. The SMILES string of the molecule is O=C(NCc1c(F)cccc1F)c1coc(NC(=O)c2ccco2)n1. The van der Waals surface area contributed by atoms with E-state index in [1.165, 1.54) is 24.5 Å². The Labute approximate surface area is 139 Å². The zero-order valence-electron chi connectivity index (χ0n) is 12.6. The summed E-state index contributed by atoms with van der Waals surface area (Å²) >= 11 is 0. The molecule has 0 atom stereocenters. The highest BCUT2D eigenvalue weighted by atomic mass is 19.1. The lowest BCUT2D eigenvalue weighted by Crippen LogP contribution is -2.24. The Bertz CT molecular complexity index is 886. The van der Waals surface area contributed by atoms with Gasteiger partial charge in [0.15, 0.2) is 11.5 Å². The lowest BCUT2D eigenvalue weighted by molar-refractivity contribution is 0.0943. The van der Waals surface area contributed by atoms with E-state index in [0.717, 1.165) is 18.4 Å². The van der Waals surface area contributed by atoms with Gasteiger partial charge in [-0.2, -0.15) is 4.98 Å². The van der Waals surface area contributed by atoms with Crippen molar-refractivity contribution in [2.75, 3.05) is 5.32 Å². The largest absolute Gasteiger partial charge is 0.459 e. The van der Waals surface area contributed by atoms with Gasteiger partial charge < -0.3 is 14.2 Å². The van der Waals surface area contributed by atoms with E-state index in [0.29, 0.717) is 0 Å². The van der Waals surface area contributed by atoms with Gasteiger partial charge in [0.2, 0.25) is 0 Å². The molecule has 0 aliphatic carbocycles. The first-order chi connectivity index (χ1) is 12.0. The number of amides is 2. The number of hydrogen-bond donors (Lipinski definition) is 2. The molecule has 128 valence electrons. The lowest BCUT2D eigenvalue weighted by atomic mass is 10.2. The summed E-state index contributed by atoms with van der Waals surface area (Å²) in [4.78, 5) is 27.5. The molecule has 2 aromatic heterocycles. The second-order valence-electron chi connectivity index (χ2n) is 4.85. The van der Waals surface area contributed by atoms with E-state index in [9.17, 15) is 18.4 Å². The maximum absolute atomic E-state index is 13.5. The Balaban J connectivity index is 1.62. The Morgan fingerprint density at radius 2 is 1.80 bits per heavy atom. The molecule has 0 fully saturated rings. The van der Waals surface area contributed by atoms with Crippen molar-refractivity contribution in [3.05, 3.63) is 71.5 Å².